The van der Waals surface area contributed by atoms with Gasteiger partial charge in [0.25, 0.3) is 0 Å². The fourth-order valence-electron chi connectivity index (χ4n) is 4.87. The molecule has 0 saturated carbocycles. The number of carbonyl (C=O) groups is 1. The fourth-order valence-corrected chi connectivity index (χ4v) is 4.87. The highest BCUT2D eigenvalue weighted by molar-refractivity contribution is 5.92. The van der Waals surface area contributed by atoms with Crippen LogP contribution in [0.2, 0.25) is 0 Å². The van der Waals surface area contributed by atoms with Crippen molar-refractivity contribution >= 4 is 5.97 Å². The van der Waals surface area contributed by atoms with Crippen LogP contribution in [-0.4, -0.2) is 40.4 Å². The highest BCUT2D eigenvalue weighted by atomic mass is 19.4. The van der Waals surface area contributed by atoms with E-state index < -0.39 is 29.1 Å². The highest BCUT2D eigenvalue weighted by Gasteiger charge is 2.69. The van der Waals surface area contributed by atoms with Gasteiger partial charge < -0.3 is 4.74 Å². The van der Waals surface area contributed by atoms with Crippen LogP contribution < -0.4 is 0 Å². The summed E-state index contributed by atoms with van der Waals surface area (Å²) in [7, 11) is 0. The van der Waals surface area contributed by atoms with Gasteiger partial charge in [-0.1, -0.05) is 20.8 Å². The summed E-state index contributed by atoms with van der Waals surface area (Å²) in [5.41, 5.74) is -0.0736. The first-order valence-electron chi connectivity index (χ1n) is 8.70. The van der Waals surface area contributed by atoms with Gasteiger partial charge in [-0.3, -0.25) is 10.0 Å². The molecule has 0 amide bonds. The molecule has 2 atom stereocenters. The van der Waals surface area contributed by atoms with Crippen molar-refractivity contribution in [3.63, 3.8) is 0 Å². The van der Waals surface area contributed by atoms with Gasteiger partial charge in [-0.05, 0) is 32.8 Å². The van der Waals surface area contributed by atoms with Crippen LogP contribution in [0.1, 0.15) is 54.4 Å². The van der Waals surface area contributed by atoms with Crippen molar-refractivity contribution in [3.8, 4) is 0 Å². The lowest BCUT2D eigenvalue weighted by molar-refractivity contribution is -0.232. The second kappa shape index (κ2) is 5.17. The zero-order valence-corrected chi connectivity index (χ0v) is 15.5. The number of ether oxygens (including phenoxy) is 1. The van der Waals surface area contributed by atoms with E-state index in [1.807, 2.05) is 20.8 Å². The minimum absolute atomic E-state index is 0.0902. The van der Waals surface area contributed by atoms with Crippen molar-refractivity contribution in [3.05, 3.63) is 22.5 Å². The molecular weight excluding hydrogens is 333 g/mol. The van der Waals surface area contributed by atoms with Crippen LogP contribution in [0.25, 0.3) is 0 Å². The largest absolute Gasteiger partial charge is 0.463 e. The molecule has 0 aromatic heterocycles. The van der Waals surface area contributed by atoms with Crippen LogP contribution in [0.4, 0.5) is 13.2 Å². The Labute approximate surface area is 146 Å². The van der Waals surface area contributed by atoms with Crippen molar-refractivity contribution in [1.82, 2.24) is 10.0 Å². The molecule has 3 rings (SSSR count). The summed E-state index contributed by atoms with van der Waals surface area (Å²) in [4.78, 5) is 12.6. The number of allylic oxidation sites excluding steroid dienone is 1. The van der Waals surface area contributed by atoms with E-state index in [1.54, 1.807) is 18.9 Å². The van der Waals surface area contributed by atoms with Crippen molar-refractivity contribution in [2.45, 2.75) is 72.1 Å². The SMILES string of the molecule is CCOC(=O)C1=C(C)N2N3C(=C(CC)C(C)(C)[C@@H]13)C[C@@]2(C)C(F)(F)F. The van der Waals surface area contributed by atoms with Crippen LogP contribution in [0, 0.1) is 5.41 Å². The Morgan fingerprint density at radius 2 is 1.88 bits per heavy atom. The smallest absolute Gasteiger partial charge is 0.413 e. The zero-order valence-electron chi connectivity index (χ0n) is 15.5. The minimum Gasteiger partial charge on any atom is -0.463 e. The van der Waals surface area contributed by atoms with Gasteiger partial charge in [0.05, 0.1) is 18.2 Å². The maximum absolute atomic E-state index is 14.0. The average Bonchev–Trinajstić information content (AvgIpc) is 3.01. The first kappa shape index (κ1) is 18.1. The van der Waals surface area contributed by atoms with Gasteiger partial charge in [-0.2, -0.15) is 13.2 Å². The van der Waals surface area contributed by atoms with Crippen molar-refractivity contribution < 1.29 is 22.7 Å². The van der Waals surface area contributed by atoms with Gasteiger partial charge in [0.1, 0.15) is 0 Å². The molecule has 3 heterocycles. The maximum Gasteiger partial charge on any atom is 0.413 e. The lowest BCUT2D eigenvalue weighted by Gasteiger charge is -2.41. The summed E-state index contributed by atoms with van der Waals surface area (Å²) in [6.45, 7) is 10.7. The number of alkyl halides is 3. The van der Waals surface area contributed by atoms with Gasteiger partial charge in [-0.25, -0.2) is 4.79 Å². The number of hydrogen-bond donors (Lipinski definition) is 0. The van der Waals surface area contributed by atoms with Crippen LogP contribution in [0.15, 0.2) is 22.5 Å². The first-order valence-corrected chi connectivity index (χ1v) is 8.70. The van der Waals surface area contributed by atoms with Crippen molar-refractivity contribution in [2.24, 2.45) is 5.41 Å². The summed E-state index contributed by atoms with van der Waals surface area (Å²) in [6.07, 6.45) is -3.84. The van der Waals surface area contributed by atoms with E-state index in [4.69, 9.17) is 4.74 Å². The monoisotopic (exact) mass is 358 g/mol. The van der Waals surface area contributed by atoms with E-state index in [9.17, 15) is 18.0 Å². The normalized spacial score (nSPS) is 30.5. The Bertz CT molecular complexity index is 693. The quantitative estimate of drug-likeness (QED) is 0.710. The number of carbonyl (C=O) groups excluding carboxylic acids is 1. The van der Waals surface area contributed by atoms with E-state index in [-0.39, 0.29) is 13.0 Å². The van der Waals surface area contributed by atoms with E-state index in [0.29, 0.717) is 23.4 Å². The molecule has 7 heteroatoms. The Morgan fingerprint density at radius 3 is 2.36 bits per heavy atom. The number of hydrazine groups is 1. The van der Waals surface area contributed by atoms with Crippen LogP contribution in [0.3, 0.4) is 0 Å². The summed E-state index contributed by atoms with van der Waals surface area (Å²) in [5, 5.41) is 3.01. The summed E-state index contributed by atoms with van der Waals surface area (Å²) < 4.78 is 47.0. The second-order valence-electron chi connectivity index (χ2n) is 7.73. The topological polar surface area (TPSA) is 32.8 Å². The zero-order chi connectivity index (χ0) is 18.9. The van der Waals surface area contributed by atoms with Gasteiger partial charge in [0.2, 0.25) is 0 Å². The Kier molecular flexibility index (Phi) is 3.75. The summed E-state index contributed by atoms with van der Waals surface area (Å²) in [6, 6.07) is -0.444. The fraction of sp³-hybridized carbons (Fsp3) is 0.722. The number of hydrogen-bond acceptors (Lipinski definition) is 4. The Balaban J connectivity index is 2.24. The molecule has 0 aromatic rings. The lowest BCUT2D eigenvalue weighted by Crippen LogP contribution is -2.55. The number of halogens is 3. The molecule has 0 aliphatic carbocycles. The Hall–Kier alpha value is -1.66. The van der Waals surface area contributed by atoms with Gasteiger partial charge in [-0.15, -0.1) is 0 Å². The molecule has 0 aromatic carbocycles. The van der Waals surface area contributed by atoms with Crippen LogP contribution in [0.5, 0.6) is 0 Å². The average molecular weight is 358 g/mol. The molecule has 0 spiro atoms. The standard InChI is InChI=1S/C18H25F3N2O2/c1-7-11-12-9-17(6,18(19,20)21)23-10(3)13(15(24)25-8-2)14(22(12)23)16(11,4)5/h14H,7-9H2,1-6H3/t14-,17+/m1/s1. The molecular formula is C18H25F3N2O2. The summed E-state index contributed by atoms with van der Waals surface area (Å²) >= 11 is 0. The first-order chi connectivity index (χ1) is 11.4. The predicted molar refractivity (Wildman–Crippen MR) is 87.0 cm³/mol. The molecule has 0 N–H and O–H groups in total. The molecule has 1 fully saturated rings. The molecule has 4 nitrogen and oxygen atoms in total. The molecule has 25 heavy (non-hydrogen) atoms. The third-order valence-electron chi connectivity index (χ3n) is 5.97. The molecule has 0 radical (unpaired) electrons. The van der Waals surface area contributed by atoms with Crippen molar-refractivity contribution in [1.29, 1.82) is 0 Å². The van der Waals surface area contributed by atoms with Crippen molar-refractivity contribution in [2.75, 3.05) is 6.61 Å². The van der Waals surface area contributed by atoms with Gasteiger partial charge in [0.15, 0.2) is 5.54 Å². The van der Waals surface area contributed by atoms with Gasteiger partial charge >= 0.3 is 12.1 Å². The number of esters is 1. The van der Waals surface area contributed by atoms with E-state index in [0.717, 1.165) is 5.57 Å². The molecule has 0 bridgehead atoms. The van der Waals surface area contributed by atoms with E-state index in [1.165, 1.54) is 11.9 Å². The van der Waals surface area contributed by atoms with Gasteiger partial charge in [0, 0.05) is 23.2 Å². The molecule has 140 valence electrons. The Morgan fingerprint density at radius 1 is 1.28 bits per heavy atom. The van der Waals surface area contributed by atoms with Crippen LogP contribution in [-0.2, 0) is 9.53 Å². The van der Waals surface area contributed by atoms with E-state index in [2.05, 4.69) is 0 Å². The highest BCUT2D eigenvalue weighted by Crippen LogP contribution is 2.62. The molecule has 0 unspecified atom stereocenters. The maximum atomic E-state index is 14.0. The minimum atomic E-state index is -4.41. The number of rotatable bonds is 3. The number of nitrogens with zero attached hydrogens (tertiary/aromatic N) is 2. The third kappa shape index (κ3) is 2.04. The van der Waals surface area contributed by atoms with Crippen LogP contribution >= 0.6 is 0 Å². The second-order valence-corrected chi connectivity index (χ2v) is 7.73. The molecule has 3 aliphatic heterocycles. The predicted octanol–water partition coefficient (Wildman–Crippen LogP) is 4.15. The summed E-state index contributed by atoms with van der Waals surface area (Å²) in [5.74, 6) is -0.520. The molecule has 3 aliphatic rings. The lowest BCUT2D eigenvalue weighted by atomic mass is 9.75. The third-order valence-corrected chi connectivity index (χ3v) is 5.97. The molecule has 1 saturated heterocycles. The van der Waals surface area contributed by atoms with E-state index >= 15 is 0 Å².